The van der Waals surface area contributed by atoms with Gasteiger partial charge >= 0.3 is 0 Å². The molecule has 64 valence electrons. The van der Waals surface area contributed by atoms with Gasteiger partial charge in [0.25, 0.3) is 0 Å². The number of hydrogen-bond acceptors (Lipinski definition) is 4. The Labute approximate surface area is 65.5 Å². The Morgan fingerprint density at radius 2 is 1.64 bits per heavy atom. The van der Waals surface area contributed by atoms with Crippen LogP contribution in [-0.4, -0.2) is 49.7 Å². The Balaban J connectivity index is 1.95. The molecule has 2 atom stereocenters. The van der Waals surface area contributed by atoms with Crippen molar-refractivity contribution in [2.24, 2.45) is 0 Å². The average Bonchev–Trinajstić information content (AvgIpc) is 2.38. The predicted octanol–water partition coefficient (Wildman–Crippen LogP) is -1.27. The molecule has 4 heteroatoms. The molecule has 0 bridgehead atoms. The van der Waals surface area contributed by atoms with E-state index < -0.39 is 6.10 Å². The molecular weight excluding hydrogens is 146 g/mol. The molecule has 0 aromatic heterocycles. The van der Waals surface area contributed by atoms with E-state index in [2.05, 4.69) is 5.32 Å². The molecule has 0 amide bonds. The number of aliphatic hydroxyl groups is 1. The molecular formula is C7H13NO3. The molecule has 0 unspecified atom stereocenters. The molecule has 0 spiro atoms. The summed E-state index contributed by atoms with van der Waals surface area (Å²) in [5, 5.41) is 12.3. The highest BCUT2D eigenvalue weighted by atomic mass is 16.6. The lowest BCUT2D eigenvalue weighted by molar-refractivity contribution is -0.00461. The summed E-state index contributed by atoms with van der Waals surface area (Å²) < 4.78 is 10.8. The van der Waals surface area contributed by atoms with Crippen LogP contribution < -0.4 is 5.32 Å². The van der Waals surface area contributed by atoms with Crippen LogP contribution in [0.5, 0.6) is 0 Å². The number of fused-ring (bicyclic) bond motifs is 1. The van der Waals surface area contributed by atoms with Gasteiger partial charge in [-0.15, -0.1) is 0 Å². The zero-order valence-corrected chi connectivity index (χ0v) is 6.32. The van der Waals surface area contributed by atoms with Crippen molar-refractivity contribution in [3.8, 4) is 0 Å². The first-order chi connectivity index (χ1) is 5.36. The summed E-state index contributed by atoms with van der Waals surface area (Å²) in [6, 6.07) is 0. The summed E-state index contributed by atoms with van der Waals surface area (Å²) in [5.74, 6) is 0. The van der Waals surface area contributed by atoms with Gasteiger partial charge in [-0.3, -0.25) is 0 Å². The normalized spacial score (nSPS) is 40.1. The molecule has 2 fully saturated rings. The second kappa shape index (κ2) is 3.06. The van der Waals surface area contributed by atoms with E-state index >= 15 is 0 Å². The molecule has 0 saturated carbocycles. The largest absolute Gasteiger partial charge is 0.388 e. The molecule has 2 N–H and O–H groups in total. The Morgan fingerprint density at radius 3 is 2.18 bits per heavy atom. The minimum absolute atomic E-state index is 0.146. The molecule has 2 aliphatic rings. The Morgan fingerprint density at radius 1 is 1.09 bits per heavy atom. The van der Waals surface area contributed by atoms with Crippen LogP contribution in [0.1, 0.15) is 0 Å². The SMILES string of the molecule is OC1CO[C@H]2CNC[C@@H]2OC1. The second-order valence-electron chi connectivity index (χ2n) is 3.06. The van der Waals surface area contributed by atoms with Crippen molar-refractivity contribution in [1.82, 2.24) is 5.32 Å². The second-order valence-corrected chi connectivity index (χ2v) is 3.06. The third-order valence-corrected chi connectivity index (χ3v) is 2.11. The summed E-state index contributed by atoms with van der Waals surface area (Å²) in [6.07, 6.45) is -0.153. The molecule has 2 rings (SSSR count). The molecule has 4 nitrogen and oxygen atoms in total. The monoisotopic (exact) mass is 159 g/mol. The van der Waals surface area contributed by atoms with Crippen LogP contribution in [-0.2, 0) is 9.47 Å². The van der Waals surface area contributed by atoms with Crippen molar-refractivity contribution in [2.75, 3.05) is 26.3 Å². The minimum Gasteiger partial charge on any atom is -0.388 e. The maximum atomic E-state index is 9.17. The van der Waals surface area contributed by atoms with E-state index in [1.54, 1.807) is 0 Å². The van der Waals surface area contributed by atoms with E-state index in [1.165, 1.54) is 0 Å². The number of ether oxygens (including phenoxy) is 2. The fourth-order valence-corrected chi connectivity index (χ4v) is 1.48. The smallest absolute Gasteiger partial charge is 0.101 e. The van der Waals surface area contributed by atoms with Crippen LogP contribution >= 0.6 is 0 Å². The Hall–Kier alpha value is -0.160. The first-order valence-electron chi connectivity index (χ1n) is 3.98. The highest BCUT2D eigenvalue weighted by Crippen LogP contribution is 2.13. The van der Waals surface area contributed by atoms with Crippen LogP contribution in [0.15, 0.2) is 0 Å². The molecule has 0 aromatic rings. The summed E-state index contributed by atoms with van der Waals surface area (Å²) >= 11 is 0. The number of hydrogen-bond donors (Lipinski definition) is 2. The third-order valence-electron chi connectivity index (χ3n) is 2.11. The summed E-state index contributed by atoms with van der Waals surface area (Å²) in [6.45, 7) is 2.50. The van der Waals surface area contributed by atoms with Gasteiger partial charge in [-0.05, 0) is 0 Å². The fourth-order valence-electron chi connectivity index (χ4n) is 1.48. The van der Waals surface area contributed by atoms with Crippen molar-refractivity contribution in [1.29, 1.82) is 0 Å². The van der Waals surface area contributed by atoms with Crippen LogP contribution in [0, 0.1) is 0 Å². The van der Waals surface area contributed by atoms with Crippen molar-refractivity contribution in [3.05, 3.63) is 0 Å². The van der Waals surface area contributed by atoms with Gasteiger partial charge in [-0.25, -0.2) is 0 Å². The first-order valence-corrected chi connectivity index (χ1v) is 3.98. The van der Waals surface area contributed by atoms with Gasteiger partial charge in [0, 0.05) is 13.1 Å². The Kier molecular flexibility index (Phi) is 2.09. The van der Waals surface area contributed by atoms with E-state index in [1.807, 2.05) is 0 Å². The van der Waals surface area contributed by atoms with Crippen LogP contribution in [0.4, 0.5) is 0 Å². The zero-order valence-electron chi connectivity index (χ0n) is 6.32. The minimum atomic E-state index is -0.444. The van der Waals surface area contributed by atoms with E-state index in [0.29, 0.717) is 13.2 Å². The van der Waals surface area contributed by atoms with E-state index in [4.69, 9.17) is 9.47 Å². The molecule has 11 heavy (non-hydrogen) atoms. The zero-order chi connectivity index (χ0) is 7.68. The average molecular weight is 159 g/mol. The van der Waals surface area contributed by atoms with Gasteiger partial charge in [-0.2, -0.15) is 0 Å². The molecule has 0 aromatic carbocycles. The lowest BCUT2D eigenvalue weighted by Crippen LogP contribution is -2.27. The maximum Gasteiger partial charge on any atom is 0.101 e. The van der Waals surface area contributed by atoms with E-state index in [0.717, 1.165) is 13.1 Å². The van der Waals surface area contributed by atoms with Crippen LogP contribution in [0.3, 0.4) is 0 Å². The van der Waals surface area contributed by atoms with Gasteiger partial charge < -0.3 is 19.9 Å². The standard InChI is InChI=1S/C7H13NO3/c9-5-3-10-6-1-8-2-7(6)11-4-5/h5-9H,1-4H2/t6-,7-/m0/s1. The maximum absolute atomic E-state index is 9.17. The summed E-state index contributed by atoms with van der Waals surface area (Å²) in [7, 11) is 0. The third kappa shape index (κ3) is 1.54. The molecule has 2 aliphatic heterocycles. The number of aliphatic hydroxyl groups excluding tert-OH is 1. The van der Waals surface area contributed by atoms with Gasteiger partial charge in [-0.1, -0.05) is 0 Å². The topological polar surface area (TPSA) is 50.7 Å². The van der Waals surface area contributed by atoms with E-state index in [9.17, 15) is 5.11 Å². The van der Waals surface area contributed by atoms with Gasteiger partial charge in [0.2, 0.25) is 0 Å². The highest BCUT2D eigenvalue weighted by molar-refractivity contribution is 4.85. The lowest BCUT2D eigenvalue weighted by Gasteiger charge is -2.13. The fraction of sp³-hybridized carbons (Fsp3) is 1.00. The van der Waals surface area contributed by atoms with Crippen molar-refractivity contribution < 1.29 is 14.6 Å². The van der Waals surface area contributed by atoms with Crippen molar-refractivity contribution in [3.63, 3.8) is 0 Å². The van der Waals surface area contributed by atoms with Crippen molar-refractivity contribution in [2.45, 2.75) is 18.3 Å². The Bertz CT molecular complexity index is 128. The molecule has 2 saturated heterocycles. The summed E-state index contributed by atoms with van der Waals surface area (Å²) in [4.78, 5) is 0. The summed E-state index contributed by atoms with van der Waals surface area (Å²) in [5.41, 5.74) is 0. The highest BCUT2D eigenvalue weighted by Gasteiger charge is 2.31. The van der Waals surface area contributed by atoms with E-state index in [-0.39, 0.29) is 12.2 Å². The van der Waals surface area contributed by atoms with Gasteiger partial charge in [0.15, 0.2) is 0 Å². The quantitative estimate of drug-likeness (QED) is 0.463. The number of rotatable bonds is 0. The van der Waals surface area contributed by atoms with Gasteiger partial charge in [0.1, 0.15) is 6.10 Å². The lowest BCUT2D eigenvalue weighted by atomic mass is 10.3. The predicted molar refractivity (Wildman–Crippen MR) is 38.4 cm³/mol. The number of nitrogens with one attached hydrogen (secondary N) is 1. The van der Waals surface area contributed by atoms with Crippen molar-refractivity contribution >= 4 is 0 Å². The van der Waals surface area contributed by atoms with Crippen LogP contribution in [0.2, 0.25) is 0 Å². The van der Waals surface area contributed by atoms with Crippen LogP contribution in [0.25, 0.3) is 0 Å². The first kappa shape index (κ1) is 7.49. The molecule has 0 radical (unpaired) electrons. The van der Waals surface area contributed by atoms with Gasteiger partial charge in [0.05, 0.1) is 25.4 Å². The molecule has 2 heterocycles. The molecule has 0 aliphatic carbocycles.